The van der Waals surface area contributed by atoms with Crippen molar-refractivity contribution >= 4 is 41.8 Å². The third kappa shape index (κ3) is 4.07. The van der Waals surface area contributed by atoms with E-state index in [1.54, 1.807) is 0 Å². The van der Waals surface area contributed by atoms with Gasteiger partial charge in [0.25, 0.3) is 0 Å². The molecule has 5 nitrogen and oxygen atoms in total. The molecule has 6 heteroatoms. The molecular formula is C22H31N3O2Si. The number of nitrogens with zero attached hydrogens (tertiary/aromatic N) is 2. The SMILES string of the molecule is CCc1c(NC(=O)OCC[Si](C)(C)C)ncc2c1c1ccccc1n2C(C)C. The van der Waals surface area contributed by atoms with E-state index in [0.717, 1.165) is 23.5 Å². The summed E-state index contributed by atoms with van der Waals surface area (Å²) in [6, 6.07) is 9.69. The van der Waals surface area contributed by atoms with Crippen molar-refractivity contribution in [1.29, 1.82) is 0 Å². The van der Waals surface area contributed by atoms with Crippen molar-refractivity contribution in [3.05, 3.63) is 36.0 Å². The molecule has 2 heterocycles. The first kappa shape index (κ1) is 20.4. The Morgan fingerprint density at radius 1 is 1.21 bits per heavy atom. The summed E-state index contributed by atoms with van der Waals surface area (Å²) in [4.78, 5) is 16.9. The largest absolute Gasteiger partial charge is 0.450 e. The first-order chi connectivity index (χ1) is 13.2. The average molecular weight is 398 g/mol. The third-order valence-corrected chi connectivity index (χ3v) is 6.73. The summed E-state index contributed by atoms with van der Waals surface area (Å²) in [6.07, 6.45) is 2.22. The quantitative estimate of drug-likeness (QED) is 0.502. The maximum absolute atomic E-state index is 12.3. The fraction of sp³-hybridized carbons (Fsp3) is 0.455. The van der Waals surface area contributed by atoms with E-state index < -0.39 is 14.2 Å². The molecule has 3 aromatic rings. The van der Waals surface area contributed by atoms with Gasteiger partial charge in [-0.05, 0) is 32.4 Å². The standard InChI is InChI=1S/C22H31N3O2Si/c1-7-16-20-17-10-8-9-11-18(17)25(15(2)3)19(20)14-23-21(16)24-22(26)27-12-13-28(4,5)6/h8-11,14-15H,7,12-13H2,1-6H3,(H,23,24,26). The Morgan fingerprint density at radius 2 is 1.93 bits per heavy atom. The monoisotopic (exact) mass is 397 g/mol. The van der Waals surface area contributed by atoms with Crippen molar-refractivity contribution in [1.82, 2.24) is 9.55 Å². The number of anilines is 1. The highest BCUT2D eigenvalue weighted by Gasteiger charge is 2.20. The zero-order valence-electron chi connectivity index (χ0n) is 17.8. The van der Waals surface area contributed by atoms with Crippen LogP contribution in [0.5, 0.6) is 0 Å². The molecule has 28 heavy (non-hydrogen) atoms. The van der Waals surface area contributed by atoms with Crippen LogP contribution in [0.1, 0.15) is 32.4 Å². The van der Waals surface area contributed by atoms with E-state index in [-0.39, 0.29) is 0 Å². The van der Waals surface area contributed by atoms with Gasteiger partial charge in [-0.2, -0.15) is 0 Å². The first-order valence-electron chi connectivity index (χ1n) is 10.1. The van der Waals surface area contributed by atoms with Crippen LogP contribution in [0.15, 0.2) is 30.5 Å². The second kappa shape index (κ2) is 7.95. The lowest BCUT2D eigenvalue weighted by Crippen LogP contribution is -2.24. The summed E-state index contributed by atoms with van der Waals surface area (Å²) in [5.41, 5.74) is 3.35. The molecule has 3 rings (SSSR count). The maximum atomic E-state index is 12.3. The number of carbonyl (C=O) groups is 1. The number of para-hydroxylation sites is 1. The van der Waals surface area contributed by atoms with Crippen LogP contribution in [0.2, 0.25) is 25.7 Å². The summed E-state index contributed by atoms with van der Waals surface area (Å²) in [7, 11) is -1.23. The maximum Gasteiger partial charge on any atom is 0.412 e. The number of nitrogens with one attached hydrogen (secondary N) is 1. The first-order valence-corrected chi connectivity index (χ1v) is 13.8. The van der Waals surface area contributed by atoms with Crippen molar-refractivity contribution in [2.75, 3.05) is 11.9 Å². The topological polar surface area (TPSA) is 56.1 Å². The van der Waals surface area contributed by atoms with Gasteiger partial charge in [0.2, 0.25) is 0 Å². The molecule has 0 fully saturated rings. The van der Waals surface area contributed by atoms with Crippen molar-refractivity contribution in [2.45, 2.75) is 58.9 Å². The lowest BCUT2D eigenvalue weighted by atomic mass is 10.1. The number of fused-ring (bicyclic) bond motifs is 3. The van der Waals surface area contributed by atoms with Crippen LogP contribution in [-0.2, 0) is 11.2 Å². The smallest absolute Gasteiger partial charge is 0.412 e. The lowest BCUT2D eigenvalue weighted by molar-refractivity contribution is 0.167. The zero-order chi connectivity index (χ0) is 20.5. The van der Waals surface area contributed by atoms with Gasteiger partial charge >= 0.3 is 6.09 Å². The molecule has 1 amide bonds. The minimum Gasteiger partial charge on any atom is -0.450 e. The Labute approximate surface area is 168 Å². The van der Waals surface area contributed by atoms with Crippen LogP contribution in [0.25, 0.3) is 21.8 Å². The second-order valence-corrected chi connectivity index (χ2v) is 14.4. The molecule has 1 N–H and O–H groups in total. The van der Waals surface area contributed by atoms with Crippen LogP contribution in [-0.4, -0.2) is 30.3 Å². The molecule has 150 valence electrons. The fourth-order valence-electron chi connectivity index (χ4n) is 3.64. The zero-order valence-corrected chi connectivity index (χ0v) is 18.8. The normalized spacial score (nSPS) is 12.1. The molecule has 0 spiro atoms. The van der Waals surface area contributed by atoms with E-state index >= 15 is 0 Å². The number of hydrogen-bond donors (Lipinski definition) is 1. The van der Waals surface area contributed by atoms with Crippen LogP contribution >= 0.6 is 0 Å². The van der Waals surface area contributed by atoms with Crippen LogP contribution < -0.4 is 5.32 Å². The van der Waals surface area contributed by atoms with Gasteiger partial charge in [-0.25, -0.2) is 9.78 Å². The predicted molar refractivity (Wildman–Crippen MR) is 120 cm³/mol. The highest BCUT2D eigenvalue weighted by atomic mass is 28.3. The third-order valence-electron chi connectivity index (χ3n) is 5.03. The van der Waals surface area contributed by atoms with Crippen LogP contribution in [0.3, 0.4) is 0 Å². The number of hydrogen-bond acceptors (Lipinski definition) is 3. The minimum absolute atomic E-state index is 0.319. The molecule has 0 saturated carbocycles. The van der Waals surface area contributed by atoms with Gasteiger partial charge in [0, 0.05) is 36.0 Å². The lowest BCUT2D eigenvalue weighted by Gasteiger charge is -2.16. The van der Waals surface area contributed by atoms with E-state index in [1.165, 1.54) is 16.3 Å². The van der Waals surface area contributed by atoms with Gasteiger partial charge in [-0.1, -0.05) is 44.8 Å². The van der Waals surface area contributed by atoms with Gasteiger partial charge in [0.05, 0.1) is 18.3 Å². The van der Waals surface area contributed by atoms with Crippen molar-refractivity contribution in [3.8, 4) is 0 Å². The summed E-state index contributed by atoms with van der Waals surface area (Å²) in [6.45, 7) is 13.7. The van der Waals surface area contributed by atoms with Crippen LogP contribution in [0, 0.1) is 0 Å². The number of ether oxygens (including phenoxy) is 1. The Balaban J connectivity index is 1.99. The van der Waals surface area contributed by atoms with E-state index in [2.05, 4.69) is 79.5 Å². The number of carbonyl (C=O) groups excluding carboxylic acids is 1. The van der Waals surface area contributed by atoms with Crippen molar-refractivity contribution in [2.24, 2.45) is 0 Å². The number of pyridine rings is 1. The molecule has 0 bridgehead atoms. The molecule has 1 aromatic carbocycles. The molecule has 0 saturated heterocycles. The average Bonchev–Trinajstić information content (AvgIpc) is 2.95. The molecule has 0 radical (unpaired) electrons. The molecule has 0 unspecified atom stereocenters. The van der Waals surface area contributed by atoms with Crippen LogP contribution in [0.4, 0.5) is 10.6 Å². The summed E-state index contributed by atoms with van der Waals surface area (Å²) in [5.74, 6) is 0.597. The number of aryl methyl sites for hydroxylation is 1. The molecule has 0 aliphatic rings. The van der Waals surface area contributed by atoms with Gasteiger partial charge in [0.15, 0.2) is 0 Å². The molecule has 0 aliphatic heterocycles. The Kier molecular flexibility index (Phi) is 5.79. The Morgan fingerprint density at radius 3 is 2.57 bits per heavy atom. The van der Waals surface area contributed by atoms with Gasteiger partial charge in [0.1, 0.15) is 5.82 Å². The predicted octanol–water partition coefficient (Wildman–Crippen LogP) is 6.22. The second-order valence-electron chi connectivity index (χ2n) is 8.75. The summed E-state index contributed by atoms with van der Waals surface area (Å²) < 4.78 is 7.72. The number of benzene rings is 1. The summed E-state index contributed by atoms with van der Waals surface area (Å²) >= 11 is 0. The molecule has 2 aromatic heterocycles. The number of aromatic nitrogens is 2. The Bertz CT molecular complexity index is 1000. The van der Waals surface area contributed by atoms with Crippen molar-refractivity contribution in [3.63, 3.8) is 0 Å². The molecule has 0 atom stereocenters. The number of rotatable bonds is 6. The van der Waals surface area contributed by atoms with Crippen molar-refractivity contribution < 1.29 is 9.53 Å². The minimum atomic E-state index is -1.23. The van der Waals surface area contributed by atoms with E-state index in [1.807, 2.05) is 6.20 Å². The van der Waals surface area contributed by atoms with E-state index in [9.17, 15) is 4.79 Å². The number of amides is 1. The molecule has 0 aliphatic carbocycles. The van der Waals surface area contributed by atoms with E-state index in [0.29, 0.717) is 18.5 Å². The summed E-state index contributed by atoms with van der Waals surface area (Å²) in [5, 5.41) is 5.24. The molecular weight excluding hydrogens is 366 g/mol. The van der Waals surface area contributed by atoms with Gasteiger partial charge in [-0.3, -0.25) is 5.32 Å². The Hall–Kier alpha value is -2.34. The van der Waals surface area contributed by atoms with Gasteiger partial charge < -0.3 is 9.30 Å². The highest BCUT2D eigenvalue weighted by Crippen LogP contribution is 2.36. The van der Waals surface area contributed by atoms with E-state index in [4.69, 9.17) is 4.74 Å². The van der Waals surface area contributed by atoms with Gasteiger partial charge in [-0.15, -0.1) is 0 Å². The highest BCUT2D eigenvalue weighted by molar-refractivity contribution is 6.76. The fourth-order valence-corrected chi connectivity index (χ4v) is 4.35.